The standard InChI is InChI=1S/C24H31ClN2O4/c1-4-6-15-26-24(29)20(5-2)27(16-18-11-13-19(25)14-12-18)23(28)17-31-22-10-8-7-9-21(22)30-3/h7-14,20H,4-6,15-17H2,1-3H3,(H,26,29). The number of benzene rings is 2. The number of nitrogens with one attached hydrogen (secondary N) is 1. The van der Waals surface area contributed by atoms with Gasteiger partial charge in [0.25, 0.3) is 5.91 Å². The monoisotopic (exact) mass is 446 g/mol. The maximum absolute atomic E-state index is 13.2. The fourth-order valence-electron chi connectivity index (χ4n) is 3.17. The maximum atomic E-state index is 13.2. The molecule has 0 heterocycles. The quantitative estimate of drug-likeness (QED) is 0.489. The first-order valence-electron chi connectivity index (χ1n) is 10.6. The molecule has 0 bridgehead atoms. The average Bonchev–Trinajstić information content (AvgIpc) is 2.79. The van der Waals surface area contributed by atoms with Crippen molar-refractivity contribution in [2.24, 2.45) is 0 Å². The molecule has 2 aromatic rings. The van der Waals surface area contributed by atoms with Crippen LogP contribution in [0, 0.1) is 0 Å². The van der Waals surface area contributed by atoms with Gasteiger partial charge in [-0.1, -0.05) is 56.1 Å². The fraction of sp³-hybridized carbons (Fsp3) is 0.417. The van der Waals surface area contributed by atoms with Crippen LogP contribution >= 0.6 is 11.6 Å². The smallest absolute Gasteiger partial charge is 0.261 e. The van der Waals surface area contributed by atoms with E-state index in [1.807, 2.05) is 31.2 Å². The van der Waals surface area contributed by atoms with Crippen molar-refractivity contribution in [3.8, 4) is 11.5 Å². The zero-order chi connectivity index (χ0) is 22.6. The Labute approximate surface area is 189 Å². The van der Waals surface area contributed by atoms with Gasteiger partial charge < -0.3 is 19.7 Å². The number of para-hydroxylation sites is 2. The van der Waals surface area contributed by atoms with Crippen molar-refractivity contribution in [1.82, 2.24) is 10.2 Å². The number of rotatable bonds is 12. The minimum absolute atomic E-state index is 0.157. The highest BCUT2D eigenvalue weighted by atomic mass is 35.5. The van der Waals surface area contributed by atoms with E-state index in [2.05, 4.69) is 12.2 Å². The molecule has 0 saturated heterocycles. The number of methoxy groups -OCH3 is 1. The first-order valence-corrected chi connectivity index (χ1v) is 10.9. The second-order valence-electron chi connectivity index (χ2n) is 7.16. The van der Waals surface area contributed by atoms with Gasteiger partial charge in [-0.2, -0.15) is 0 Å². The van der Waals surface area contributed by atoms with Crippen LogP contribution in [0.15, 0.2) is 48.5 Å². The number of nitrogens with zero attached hydrogens (tertiary/aromatic N) is 1. The molecule has 2 rings (SSSR count). The van der Waals surface area contributed by atoms with Crippen molar-refractivity contribution in [3.05, 3.63) is 59.1 Å². The zero-order valence-corrected chi connectivity index (χ0v) is 19.2. The second kappa shape index (κ2) is 12.8. The first kappa shape index (κ1) is 24.5. The summed E-state index contributed by atoms with van der Waals surface area (Å²) in [6.45, 7) is 4.63. The van der Waals surface area contributed by atoms with E-state index < -0.39 is 6.04 Å². The Morgan fingerprint density at radius 1 is 1.06 bits per heavy atom. The van der Waals surface area contributed by atoms with Gasteiger partial charge in [0, 0.05) is 18.1 Å². The predicted octanol–water partition coefficient (Wildman–Crippen LogP) is 4.45. The minimum atomic E-state index is -0.596. The summed E-state index contributed by atoms with van der Waals surface area (Å²) >= 11 is 5.99. The molecule has 0 aromatic heterocycles. The summed E-state index contributed by atoms with van der Waals surface area (Å²) in [4.78, 5) is 27.6. The van der Waals surface area contributed by atoms with Crippen LogP contribution in [0.1, 0.15) is 38.7 Å². The van der Waals surface area contributed by atoms with E-state index in [1.165, 1.54) is 0 Å². The Kier molecular flexibility index (Phi) is 10.2. The molecule has 0 radical (unpaired) electrons. The lowest BCUT2D eigenvalue weighted by atomic mass is 10.1. The number of hydrogen-bond donors (Lipinski definition) is 1. The molecule has 7 heteroatoms. The molecule has 2 aromatic carbocycles. The van der Waals surface area contributed by atoms with Crippen LogP contribution in [0.4, 0.5) is 0 Å². The topological polar surface area (TPSA) is 67.9 Å². The average molecular weight is 447 g/mol. The number of unbranched alkanes of at least 4 members (excludes halogenated alkanes) is 1. The van der Waals surface area contributed by atoms with Crippen molar-refractivity contribution >= 4 is 23.4 Å². The molecule has 0 aliphatic rings. The van der Waals surface area contributed by atoms with Gasteiger partial charge in [-0.25, -0.2) is 0 Å². The van der Waals surface area contributed by atoms with E-state index in [0.29, 0.717) is 29.5 Å². The van der Waals surface area contributed by atoms with Gasteiger partial charge in [0.1, 0.15) is 6.04 Å². The molecule has 0 fully saturated rings. The van der Waals surface area contributed by atoms with Gasteiger partial charge in [-0.15, -0.1) is 0 Å². The van der Waals surface area contributed by atoms with E-state index in [1.54, 1.807) is 36.3 Å². The normalized spacial score (nSPS) is 11.5. The van der Waals surface area contributed by atoms with Gasteiger partial charge in [0.2, 0.25) is 5.91 Å². The Bertz CT molecular complexity index is 842. The number of ether oxygens (including phenoxy) is 2. The Balaban J connectivity index is 2.19. The maximum Gasteiger partial charge on any atom is 0.261 e. The number of halogens is 1. The highest BCUT2D eigenvalue weighted by molar-refractivity contribution is 6.30. The highest BCUT2D eigenvalue weighted by Crippen LogP contribution is 2.26. The van der Waals surface area contributed by atoms with Crippen molar-refractivity contribution in [2.45, 2.75) is 45.7 Å². The van der Waals surface area contributed by atoms with E-state index >= 15 is 0 Å². The SMILES string of the molecule is CCCCNC(=O)C(CC)N(Cc1ccc(Cl)cc1)C(=O)COc1ccccc1OC. The van der Waals surface area contributed by atoms with Crippen molar-refractivity contribution in [1.29, 1.82) is 0 Å². The summed E-state index contributed by atoms with van der Waals surface area (Å²) in [5, 5.41) is 3.56. The Hall–Kier alpha value is -2.73. The van der Waals surface area contributed by atoms with Gasteiger partial charge in [0.15, 0.2) is 18.1 Å². The molecule has 31 heavy (non-hydrogen) atoms. The zero-order valence-electron chi connectivity index (χ0n) is 18.4. The fourth-order valence-corrected chi connectivity index (χ4v) is 3.30. The summed E-state index contributed by atoms with van der Waals surface area (Å²) in [7, 11) is 1.55. The number of carbonyl (C=O) groups is 2. The molecule has 0 saturated carbocycles. The first-order chi connectivity index (χ1) is 15.0. The molecule has 2 amide bonds. The molecule has 1 unspecified atom stereocenters. The number of carbonyl (C=O) groups excluding carboxylic acids is 2. The van der Waals surface area contributed by atoms with E-state index in [0.717, 1.165) is 18.4 Å². The Morgan fingerprint density at radius 3 is 2.35 bits per heavy atom. The largest absolute Gasteiger partial charge is 0.493 e. The molecule has 6 nitrogen and oxygen atoms in total. The summed E-state index contributed by atoms with van der Waals surface area (Å²) < 4.78 is 11.0. The molecule has 0 aliphatic heterocycles. The third-order valence-corrected chi connectivity index (χ3v) is 5.15. The summed E-state index contributed by atoms with van der Waals surface area (Å²) in [5.41, 5.74) is 0.884. The van der Waals surface area contributed by atoms with Gasteiger partial charge >= 0.3 is 0 Å². The van der Waals surface area contributed by atoms with Crippen LogP contribution in [0.2, 0.25) is 5.02 Å². The minimum Gasteiger partial charge on any atom is -0.493 e. The summed E-state index contributed by atoms with van der Waals surface area (Å²) in [5.74, 6) is 0.586. The molecule has 0 aliphatic carbocycles. The van der Waals surface area contributed by atoms with Crippen molar-refractivity contribution < 1.29 is 19.1 Å². The third kappa shape index (κ3) is 7.47. The highest BCUT2D eigenvalue weighted by Gasteiger charge is 2.29. The van der Waals surface area contributed by atoms with Crippen LogP contribution < -0.4 is 14.8 Å². The van der Waals surface area contributed by atoms with Crippen LogP contribution in [-0.2, 0) is 16.1 Å². The molecule has 168 valence electrons. The number of amides is 2. The lowest BCUT2D eigenvalue weighted by Crippen LogP contribution is -2.50. The van der Waals surface area contributed by atoms with E-state index in [9.17, 15) is 9.59 Å². The Morgan fingerprint density at radius 2 is 1.74 bits per heavy atom. The molecular formula is C24H31ClN2O4. The lowest BCUT2D eigenvalue weighted by molar-refractivity contribution is -0.143. The van der Waals surface area contributed by atoms with Crippen LogP contribution in [0.3, 0.4) is 0 Å². The second-order valence-corrected chi connectivity index (χ2v) is 7.59. The molecule has 1 N–H and O–H groups in total. The van der Waals surface area contributed by atoms with Crippen LogP contribution in [0.5, 0.6) is 11.5 Å². The third-order valence-electron chi connectivity index (χ3n) is 4.90. The number of hydrogen-bond acceptors (Lipinski definition) is 4. The molecule has 1 atom stereocenters. The summed E-state index contributed by atoms with van der Waals surface area (Å²) in [6.07, 6.45) is 2.37. The van der Waals surface area contributed by atoms with Crippen LogP contribution in [-0.4, -0.2) is 43.0 Å². The summed E-state index contributed by atoms with van der Waals surface area (Å²) in [6, 6.07) is 13.8. The van der Waals surface area contributed by atoms with Crippen LogP contribution in [0.25, 0.3) is 0 Å². The van der Waals surface area contributed by atoms with Crippen molar-refractivity contribution in [2.75, 3.05) is 20.3 Å². The molecule has 0 spiro atoms. The van der Waals surface area contributed by atoms with E-state index in [4.69, 9.17) is 21.1 Å². The van der Waals surface area contributed by atoms with E-state index in [-0.39, 0.29) is 25.0 Å². The molecular weight excluding hydrogens is 416 g/mol. The lowest BCUT2D eigenvalue weighted by Gasteiger charge is -2.30. The van der Waals surface area contributed by atoms with Gasteiger partial charge in [-0.3, -0.25) is 9.59 Å². The van der Waals surface area contributed by atoms with Crippen molar-refractivity contribution in [3.63, 3.8) is 0 Å². The predicted molar refractivity (Wildman–Crippen MR) is 122 cm³/mol. The van der Waals surface area contributed by atoms with Gasteiger partial charge in [-0.05, 0) is 42.7 Å². The van der Waals surface area contributed by atoms with Gasteiger partial charge in [0.05, 0.1) is 7.11 Å².